The Hall–Kier alpha value is -2.05. The van der Waals surface area contributed by atoms with E-state index in [0.29, 0.717) is 12.0 Å². The van der Waals surface area contributed by atoms with Crippen molar-refractivity contribution in [2.24, 2.45) is 0 Å². The number of rotatable bonds is 2. The van der Waals surface area contributed by atoms with Gasteiger partial charge in [-0.05, 0) is 24.1 Å². The van der Waals surface area contributed by atoms with Gasteiger partial charge in [-0.3, -0.25) is 4.79 Å². The number of hydrogen-bond acceptors (Lipinski definition) is 3. The lowest BCUT2D eigenvalue weighted by Crippen LogP contribution is -2.47. The SMILES string of the molecule is COC(=O)N1CCC(=O)CC1Cc1ccc(C(F)(F)F)cc1. The van der Waals surface area contributed by atoms with Crippen molar-refractivity contribution in [1.82, 2.24) is 4.90 Å². The van der Waals surface area contributed by atoms with Crippen LogP contribution in [0.1, 0.15) is 24.0 Å². The van der Waals surface area contributed by atoms with Gasteiger partial charge in [-0.1, -0.05) is 12.1 Å². The van der Waals surface area contributed by atoms with Crippen LogP contribution in [-0.4, -0.2) is 36.5 Å². The van der Waals surface area contributed by atoms with Crippen molar-refractivity contribution in [2.45, 2.75) is 31.5 Å². The second-order valence-corrected chi connectivity index (χ2v) is 5.21. The van der Waals surface area contributed by atoms with Gasteiger partial charge in [0.1, 0.15) is 5.78 Å². The molecule has 2 rings (SSSR count). The average Bonchev–Trinajstić information content (AvgIpc) is 2.46. The number of amides is 1. The third-order valence-corrected chi connectivity index (χ3v) is 3.70. The van der Waals surface area contributed by atoms with Crippen molar-refractivity contribution in [3.8, 4) is 0 Å². The van der Waals surface area contributed by atoms with E-state index in [1.165, 1.54) is 24.1 Å². The number of benzene rings is 1. The van der Waals surface area contributed by atoms with Gasteiger partial charge in [0, 0.05) is 25.4 Å². The Morgan fingerprint density at radius 2 is 1.95 bits per heavy atom. The van der Waals surface area contributed by atoms with E-state index in [2.05, 4.69) is 4.74 Å². The summed E-state index contributed by atoms with van der Waals surface area (Å²) in [4.78, 5) is 24.7. The molecule has 0 saturated carbocycles. The van der Waals surface area contributed by atoms with E-state index in [-0.39, 0.29) is 31.2 Å². The number of piperidine rings is 1. The Morgan fingerprint density at radius 1 is 1.32 bits per heavy atom. The minimum absolute atomic E-state index is 0.0389. The van der Waals surface area contributed by atoms with Gasteiger partial charge in [0.2, 0.25) is 0 Å². The number of methoxy groups -OCH3 is 1. The summed E-state index contributed by atoms with van der Waals surface area (Å²) in [7, 11) is 1.26. The molecule has 1 saturated heterocycles. The second-order valence-electron chi connectivity index (χ2n) is 5.21. The maximum atomic E-state index is 12.5. The van der Waals surface area contributed by atoms with Crippen LogP contribution in [0.15, 0.2) is 24.3 Å². The van der Waals surface area contributed by atoms with E-state index < -0.39 is 17.8 Å². The van der Waals surface area contributed by atoms with Crippen LogP contribution in [0.5, 0.6) is 0 Å². The zero-order chi connectivity index (χ0) is 16.3. The topological polar surface area (TPSA) is 46.6 Å². The molecule has 1 aromatic carbocycles. The van der Waals surface area contributed by atoms with Crippen molar-refractivity contribution in [3.63, 3.8) is 0 Å². The lowest BCUT2D eigenvalue weighted by molar-refractivity contribution is -0.137. The third kappa shape index (κ3) is 3.78. The fourth-order valence-electron chi connectivity index (χ4n) is 2.54. The number of ether oxygens (including phenoxy) is 1. The molecule has 7 heteroatoms. The first kappa shape index (κ1) is 16.3. The molecule has 1 aliphatic rings. The molecule has 1 amide bonds. The third-order valence-electron chi connectivity index (χ3n) is 3.70. The molecule has 0 aliphatic carbocycles. The highest BCUT2D eigenvalue weighted by Crippen LogP contribution is 2.29. The van der Waals surface area contributed by atoms with Crippen molar-refractivity contribution in [1.29, 1.82) is 0 Å². The number of hydrogen-bond donors (Lipinski definition) is 0. The van der Waals surface area contributed by atoms with Crippen LogP contribution < -0.4 is 0 Å². The monoisotopic (exact) mass is 315 g/mol. The molecule has 0 radical (unpaired) electrons. The van der Waals surface area contributed by atoms with Crippen LogP contribution in [0.2, 0.25) is 0 Å². The predicted octanol–water partition coefficient (Wildman–Crippen LogP) is 3.05. The number of nitrogens with zero attached hydrogens (tertiary/aromatic N) is 1. The van der Waals surface area contributed by atoms with Crippen molar-refractivity contribution < 1.29 is 27.5 Å². The molecular weight excluding hydrogens is 299 g/mol. The molecule has 120 valence electrons. The van der Waals surface area contributed by atoms with E-state index in [1.54, 1.807) is 0 Å². The Labute approximate surface area is 125 Å². The number of ketones is 1. The van der Waals surface area contributed by atoms with E-state index in [4.69, 9.17) is 0 Å². The summed E-state index contributed by atoms with van der Waals surface area (Å²) in [6.45, 7) is 0.275. The summed E-state index contributed by atoms with van der Waals surface area (Å²) in [5.74, 6) is 0.0389. The van der Waals surface area contributed by atoms with E-state index in [0.717, 1.165) is 12.1 Å². The average molecular weight is 315 g/mol. The number of halogens is 3. The van der Waals surface area contributed by atoms with E-state index in [1.807, 2.05) is 0 Å². The van der Waals surface area contributed by atoms with Gasteiger partial charge in [0.05, 0.1) is 12.7 Å². The number of likely N-dealkylation sites (tertiary alicyclic amines) is 1. The van der Waals surface area contributed by atoms with Crippen molar-refractivity contribution in [3.05, 3.63) is 35.4 Å². The summed E-state index contributed by atoms with van der Waals surface area (Å²) >= 11 is 0. The van der Waals surface area contributed by atoms with Gasteiger partial charge in [0.15, 0.2) is 0 Å². The highest BCUT2D eigenvalue weighted by molar-refractivity contribution is 5.82. The summed E-state index contributed by atoms with van der Waals surface area (Å²) in [5.41, 5.74) is -0.0811. The van der Waals surface area contributed by atoms with Crippen molar-refractivity contribution in [2.75, 3.05) is 13.7 Å². The first-order valence-corrected chi connectivity index (χ1v) is 6.83. The fourth-order valence-corrected chi connectivity index (χ4v) is 2.54. The van der Waals surface area contributed by atoms with Crippen LogP contribution in [-0.2, 0) is 22.1 Å². The molecule has 0 aromatic heterocycles. The van der Waals surface area contributed by atoms with Crippen molar-refractivity contribution >= 4 is 11.9 Å². The van der Waals surface area contributed by atoms with Crippen LogP contribution in [0.25, 0.3) is 0 Å². The number of carbonyl (C=O) groups excluding carboxylic acids is 2. The first-order valence-electron chi connectivity index (χ1n) is 6.83. The summed E-state index contributed by atoms with van der Waals surface area (Å²) in [5, 5.41) is 0. The molecule has 0 spiro atoms. The van der Waals surface area contributed by atoms with Gasteiger partial charge in [-0.15, -0.1) is 0 Å². The summed E-state index contributed by atoms with van der Waals surface area (Å²) in [6, 6.07) is 4.37. The molecule has 1 atom stereocenters. The molecule has 1 aromatic rings. The van der Waals surface area contributed by atoms with E-state index in [9.17, 15) is 22.8 Å². The molecule has 1 aliphatic heterocycles. The maximum Gasteiger partial charge on any atom is 0.416 e. The lowest BCUT2D eigenvalue weighted by Gasteiger charge is -2.34. The summed E-state index contributed by atoms with van der Waals surface area (Å²) < 4.78 is 42.3. The quantitative estimate of drug-likeness (QED) is 0.843. The minimum Gasteiger partial charge on any atom is -0.453 e. The predicted molar refractivity (Wildman–Crippen MR) is 72.3 cm³/mol. The molecule has 0 bridgehead atoms. The molecule has 4 nitrogen and oxygen atoms in total. The molecule has 1 unspecified atom stereocenters. The number of Topliss-reactive ketones (excluding diaryl/α,β-unsaturated/α-hetero) is 1. The molecule has 0 N–H and O–H groups in total. The Bertz CT molecular complexity index is 554. The smallest absolute Gasteiger partial charge is 0.416 e. The Morgan fingerprint density at radius 3 is 2.50 bits per heavy atom. The van der Waals surface area contributed by atoms with Gasteiger partial charge in [-0.2, -0.15) is 13.2 Å². The summed E-state index contributed by atoms with van der Waals surface area (Å²) in [6.07, 6.45) is -4.12. The van der Waals surface area contributed by atoms with Crippen LogP contribution in [0.4, 0.5) is 18.0 Å². The van der Waals surface area contributed by atoms with Crippen LogP contribution >= 0.6 is 0 Å². The minimum atomic E-state index is -4.38. The van der Waals surface area contributed by atoms with E-state index >= 15 is 0 Å². The maximum absolute atomic E-state index is 12.5. The largest absolute Gasteiger partial charge is 0.453 e. The standard InChI is InChI=1S/C15H16F3NO3/c1-22-14(21)19-7-6-13(20)9-12(19)8-10-2-4-11(5-3-10)15(16,17)18/h2-5,12H,6-9H2,1H3. The van der Waals surface area contributed by atoms with Crippen LogP contribution in [0, 0.1) is 0 Å². The highest BCUT2D eigenvalue weighted by Gasteiger charge is 2.32. The molecule has 1 heterocycles. The van der Waals surface area contributed by atoms with Gasteiger partial charge in [-0.25, -0.2) is 4.79 Å². The number of alkyl halides is 3. The fraction of sp³-hybridized carbons (Fsp3) is 0.467. The van der Waals surface area contributed by atoms with Gasteiger partial charge < -0.3 is 9.64 Å². The Kier molecular flexibility index (Phi) is 4.73. The highest BCUT2D eigenvalue weighted by atomic mass is 19.4. The zero-order valence-corrected chi connectivity index (χ0v) is 12.0. The first-order chi connectivity index (χ1) is 10.3. The molecule has 1 fully saturated rings. The number of carbonyl (C=O) groups is 2. The normalized spacial score (nSPS) is 19.2. The van der Waals surface area contributed by atoms with Gasteiger partial charge in [0.25, 0.3) is 0 Å². The molecular formula is C15H16F3NO3. The molecule has 22 heavy (non-hydrogen) atoms. The zero-order valence-electron chi connectivity index (χ0n) is 12.0. The van der Waals surface area contributed by atoms with Crippen LogP contribution in [0.3, 0.4) is 0 Å². The lowest BCUT2D eigenvalue weighted by atomic mass is 9.94. The van der Waals surface area contributed by atoms with Gasteiger partial charge >= 0.3 is 12.3 Å². The Balaban J connectivity index is 2.12. The second kappa shape index (κ2) is 6.37.